The highest BCUT2D eigenvalue weighted by atomic mass is 16.6. The van der Waals surface area contributed by atoms with Crippen LogP contribution in [-0.4, -0.2) is 26.2 Å². The predicted molar refractivity (Wildman–Crippen MR) is 100 cm³/mol. The number of amides is 1. The molecule has 0 radical (unpaired) electrons. The minimum absolute atomic E-state index is 0.225. The topological polar surface area (TPSA) is 69.9 Å². The Bertz CT molecular complexity index is 978. The van der Waals surface area contributed by atoms with Crippen LogP contribution in [0.4, 0.5) is 0 Å². The van der Waals surface area contributed by atoms with E-state index in [-0.39, 0.29) is 17.7 Å². The number of benzene rings is 2. The molecule has 4 rings (SSSR count). The molecule has 1 aliphatic rings. The van der Waals surface area contributed by atoms with E-state index in [2.05, 4.69) is 5.32 Å². The van der Waals surface area contributed by atoms with E-state index in [1.54, 1.807) is 7.11 Å². The molecule has 0 saturated carbocycles. The molecule has 1 aromatic heterocycles. The van der Waals surface area contributed by atoms with Crippen LogP contribution in [0.5, 0.6) is 11.5 Å². The second kappa shape index (κ2) is 7.32. The van der Waals surface area contributed by atoms with Crippen molar-refractivity contribution in [3.63, 3.8) is 0 Å². The van der Waals surface area contributed by atoms with E-state index in [0.717, 1.165) is 22.3 Å². The number of methoxy groups -OCH3 is 1. The van der Waals surface area contributed by atoms with Crippen LogP contribution in [0.3, 0.4) is 0 Å². The molecule has 0 spiro atoms. The molecule has 0 fully saturated rings. The fourth-order valence-corrected chi connectivity index (χ4v) is 3.24. The van der Waals surface area contributed by atoms with Crippen molar-refractivity contribution < 1.29 is 23.4 Å². The van der Waals surface area contributed by atoms with Gasteiger partial charge in [-0.3, -0.25) is 4.79 Å². The van der Waals surface area contributed by atoms with Crippen LogP contribution in [0.2, 0.25) is 0 Å². The molecule has 6 nitrogen and oxygen atoms in total. The maximum Gasteiger partial charge on any atom is 0.287 e. The van der Waals surface area contributed by atoms with Crippen LogP contribution in [0.15, 0.2) is 46.9 Å². The van der Waals surface area contributed by atoms with Crippen LogP contribution in [0.25, 0.3) is 11.0 Å². The van der Waals surface area contributed by atoms with Gasteiger partial charge in [-0.25, -0.2) is 0 Å². The maximum absolute atomic E-state index is 12.9. The summed E-state index contributed by atoms with van der Waals surface area (Å²) in [4.78, 5) is 12.9. The SMILES string of the molecule is COCc1c(C(=O)NC(C)c2ccc3c(c2)OCCO3)oc2ccccc12. The number of hydrogen-bond acceptors (Lipinski definition) is 5. The van der Waals surface area contributed by atoms with Gasteiger partial charge in [-0.15, -0.1) is 0 Å². The van der Waals surface area contributed by atoms with Crippen molar-refractivity contribution in [2.45, 2.75) is 19.6 Å². The maximum atomic E-state index is 12.9. The molecule has 1 amide bonds. The molecule has 1 N–H and O–H groups in total. The van der Waals surface area contributed by atoms with Crippen molar-refractivity contribution in [1.29, 1.82) is 0 Å². The Morgan fingerprint density at radius 3 is 2.74 bits per heavy atom. The van der Waals surface area contributed by atoms with E-state index in [0.29, 0.717) is 31.2 Å². The Morgan fingerprint density at radius 2 is 1.93 bits per heavy atom. The lowest BCUT2D eigenvalue weighted by molar-refractivity contribution is 0.0907. The number of ether oxygens (including phenoxy) is 3. The molecular formula is C21H21NO5. The highest BCUT2D eigenvalue weighted by molar-refractivity contribution is 5.99. The number of carbonyl (C=O) groups excluding carboxylic acids is 1. The van der Waals surface area contributed by atoms with E-state index in [4.69, 9.17) is 18.6 Å². The summed E-state index contributed by atoms with van der Waals surface area (Å²) in [6, 6.07) is 13.0. The Kier molecular flexibility index (Phi) is 4.73. The third-order valence-corrected chi connectivity index (χ3v) is 4.61. The fraction of sp³-hybridized carbons (Fsp3) is 0.286. The highest BCUT2D eigenvalue weighted by Gasteiger charge is 2.23. The van der Waals surface area contributed by atoms with Gasteiger partial charge < -0.3 is 23.9 Å². The average molecular weight is 367 g/mol. The first-order valence-electron chi connectivity index (χ1n) is 8.87. The van der Waals surface area contributed by atoms with Crippen LogP contribution in [0.1, 0.15) is 34.6 Å². The molecule has 1 unspecified atom stereocenters. The Morgan fingerprint density at radius 1 is 1.15 bits per heavy atom. The molecule has 2 heterocycles. The van der Waals surface area contributed by atoms with Crippen LogP contribution >= 0.6 is 0 Å². The molecule has 1 atom stereocenters. The first-order valence-corrected chi connectivity index (χ1v) is 8.87. The molecule has 0 saturated heterocycles. The largest absolute Gasteiger partial charge is 0.486 e. The monoisotopic (exact) mass is 367 g/mol. The van der Waals surface area contributed by atoms with E-state index < -0.39 is 0 Å². The summed E-state index contributed by atoms with van der Waals surface area (Å²) < 4.78 is 22.2. The number of para-hydroxylation sites is 1. The normalized spacial score (nSPS) is 14.1. The molecule has 3 aromatic rings. The summed E-state index contributed by atoms with van der Waals surface area (Å²) in [7, 11) is 1.60. The van der Waals surface area contributed by atoms with Gasteiger partial charge in [0, 0.05) is 18.1 Å². The summed E-state index contributed by atoms with van der Waals surface area (Å²) in [5.74, 6) is 1.43. The van der Waals surface area contributed by atoms with Gasteiger partial charge in [0.05, 0.1) is 12.6 Å². The second-order valence-electron chi connectivity index (χ2n) is 6.44. The summed E-state index contributed by atoms with van der Waals surface area (Å²) in [6.45, 7) is 3.30. The molecule has 0 bridgehead atoms. The van der Waals surface area contributed by atoms with E-state index in [1.807, 2.05) is 49.4 Å². The van der Waals surface area contributed by atoms with Crippen molar-refractivity contribution in [3.05, 3.63) is 59.4 Å². The Balaban J connectivity index is 1.58. The van der Waals surface area contributed by atoms with Gasteiger partial charge in [0.15, 0.2) is 17.3 Å². The molecular weight excluding hydrogens is 346 g/mol. The van der Waals surface area contributed by atoms with Crippen molar-refractivity contribution in [2.75, 3.05) is 20.3 Å². The lowest BCUT2D eigenvalue weighted by atomic mass is 10.1. The fourth-order valence-electron chi connectivity index (χ4n) is 3.24. The minimum atomic E-state index is -0.277. The van der Waals surface area contributed by atoms with Gasteiger partial charge in [0.2, 0.25) is 0 Å². The summed E-state index contributed by atoms with van der Waals surface area (Å²) >= 11 is 0. The smallest absolute Gasteiger partial charge is 0.287 e. The number of rotatable bonds is 5. The summed E-state index contributed by atoms with van der Waals surface area (Å²) in [6.07, 6.45) is 0. The van der Waals surface area contributed by atoms with Gasteiger partial charge in [0.1, 0.15) is 18.8 Å². The van der Waals surface area contributed by atoms with Crippen molar-refractivity contribution in [3.8, 4) is 11.5 Å². The molecule has 140 valence electrons. The van der Waals surface area contributed by atoms with Gasteiger partial charge in [-0.2, -0.15) is 0 Å². The Labute approximate surface area is 157 Å². The van der Waals surface area contributed by atoms with Crippen molar-refractivity contribution >= 4 is 16.9 Å². The standard InChI is InChI=1S/C21H21NO5/c1-13(14-7-8-18-19(11-14)26-10-9-25-18)22-21(23)20-16(12-24-2)15-5-3-4-6-17(15)27-20/h3-8,11,13H,9-10,12H2,1-2H3,(H,22,23). The lowest BCUT2D eigenvalue weighted by Gasteiger charge is -2.21. The predicted octanol–water partition coefficient (Wildman–Crippen LogP) is 3.84. The molecule has 1 aliphatic heterocycles. The number of fused-ring (bicyclic) bond motifs is 2. The van der Waals surface area contributed by atoms with Crippen LogP contribution in [-0.2, 0) is 11.3 Å². The van der Waals surface area contributed by atoms with E-state index >= 15 is 0 Å². The van der Waals surface area contributed by atoms with Gasteiger partial charge in [-0.1, -0.05) is 24.3 Å². The zero-order chi connectivity index (χ0) is 18.8. The highest BCUT2D eigenvalue weighted by Crippen LogP contribution is 2.33. The molecule has 0 aliphatic carbocycles. The number of carbonyl (C=O) groups is 1. The molecule has 6 heteroatoms. The van der Waals surface area contributed by atoms with Gasteiger partial charge >= 0.3 is 0 Å². The molecule has 27 heavy (non-hydrogen) atoms. The number of nitrogens with one attached hydrogen (secondary N) is 1. The van der Waals surface area contributed by atoms with Crippen molar-refractivity contribution in [2.24, 2.45) is 0 Å². The minimum Gasteiger partial charge on any atom is -0.486 e. The zero-order valence-corrected chi connectivity index (χ0v) is 15.3. The lowest BCUT2D eigenvalue weighted by Crippen LogP contribution is -2.27. The van der Waals surface area contributed by atoms with Gasteiger partial charge in [0.25, 0.3) is 5.91 Å². The zero-order valence-electron chi connectivity index (χ0n) is 15.3. The van der Waals surface area contributed by atoms with E-state index in [1.165, 1.54) is 0 Å². The number of hydrogen-bond donors (Lipinski definition) is 1. The van der Waals surface area contributed by atoms with Crippen LogP contribution in [0, 0.1) is 0 Å². The molecule has 2 aromatic carbocycles. The third-order valence-electron chi connectivity index (χ3n) is 4.61. The Hall–Kier alpha value is -2.99. The first-order chi connectivity index (χ1) is 13.2. The summed E-state index contributed by atoms with van der Waals surface area (Å²) in [5, 5.41) is 3.88. The average Bonchev–Trinajstić information content (AvgIpc) is 3.07. The third kappa shape index (κ3) is 3.36. The second-order valence-corrected chi connectivity index (χ2v) is 6.44. The number of furan rings is 1. The van der Waals surface area contributed by atoms with Gasteiger partial charge in [-0.05, 0) is 30.7 Å². The van der Waals surface area contributed by atoms with E-state index in [9.17, 15) is 4.79 Å². The van der Waals surface area contributed by atoms with Crippen LogP contribution < -0.4 is 14.8 Å². The first kappa shape index (κ1) is 17.4. The summed E-state index contributed by atoms with van der Waals surface area (Å²) in [5.41, 5.74) is 2.35. The quantitative estimate of drug-likeness (QED) is 0.742. The van der Waals surface area contributed by atoms with Crippen molar-refractivity contribution in [1.82, 2.24) is 5.32 Å².